The van der Waals surface area contributed by atoms with E-state index >= 15 is 0 Å². The highest BCUT2D eigenvalue weighted by molar-refractivity contribution is 7.16. The number of ether oxygens (including phenoxy) is 2. The number of methoxy groups -OCH3 is 1. The van der Waals surface area contributed by atoms with Gasteiger partial charge in [-0.3, -0.25) is 9.59 Å². The summed E-state index contributed by atoms with van der Waals surface area (Å²) in [5, 5.41) is 14.7. The molecule has 0 aliphatic heterocycles. The van der Waals surface area contributed by atoms with E-state index in [9.17, 15) is 9.59 Å². The van der Waals surface area contributed by atoms with Gasteiger partial charge in [0.2, 0.25) is 0 Å². The lowest BCUT2D eigenvalue weighted by Crippen LogP contribution is -2.23. The zero-order chi connectivity index (χ0) is 20.4. The van der Waals surface area contributed by atoms with Gasteiger partial charge in [-0.15, -0.1) is 11.3 Å². The highest BCUT2D eigenvalue weighted by Crippen LogP contribution is 2.29. The molecule has 28 heavy (non-hydrogen) atoms. The van der Waals surface area contributed by atoms with Crippen LogP contribution < -0.4 is 15.4 Å². The number of aliphatic hydroxyl groups excluding tert-OH is 1. The Morgan fingerprint density at radius 2 is 1.86 bits per heavy atom. The predicted molar refractivity (Wildman–Crippen MR) is 110 cm³/mol. The first kappa shape index (κ1) is 22.2. The molecular formula is C19H23ClN2O5S. The average Bonchev–Trinajstić information content (AvgIpc) is 3.17. The molecule has 0 bridgehead atoms. The fourth-order valence-electron chi connectivity index (χ4n) is 2.25. The number of amides is 2. The third-order valence-corrected chi connectivity index (χ3v) is 4.98. The number of thiophene rings is 1. The van der Waals surface area contributed by atoms with E-state index in [1.165, 1.54) is 0 Å². The van der Waals surface area contributed by atoms with Crippen LogP contribution in [-0.4, -0.2) is 50.4 Å². The van der Waals surface area contributed by atoms with Gasteiger partial charge in [0.1, 0.15) is 12.4 Å². The zero-order valence-corrected chi connectivity index (χ0v) is 17.1. The molecule has 0 atom stereocenters. The quantitative estimate of drug-likeness (QED) is 0.479. The minimum atomic E-state index is -0.358. The van der Waals surface area contributed by atoms with Gasteiger partial charge in [-0.1, -0.05) is 11.6 Å². The molecule has 0 spiro atoms. The molecule has 2 amide bonds. The van der Waals surface area contributed by atoms with Crippen LogP contribution in [0, 0.1) is 0 Å². The third kappa shape index (κ3) is 6.79. The molecule has 0 aliphatic carbocycles. The summed E-state index contributed by atoms with van der Waals surface area (Å²) >= 11 is 7.12. The van der Waals surface area contributed by atoms with Crippen LogP contribution in [-0.2, 0) is 4.74 Å². The number of unbranched alkanes of at least 4 members (excludes halogenated alkanes) is 1. The minimum absolute atomic E-state index is 0.0971. The van der Waals surface area contributed by atoms with E-state index in [0.29, 0.717) is 58.8 Å². The standard InChI is InChI=1S/C19H23ClN2O5S/c1-26-10-11-27-15-5-4-13(20)12-14(15)22-19(25)17-7-6-16(28-17)18(24)21-8-2-3-9-23/h4-7,12,23H,2-3,8-11H2,1H3,(H,21,24)(H,22,25). The molecule has 1 aromatic carbocycles. The Labute approximate surface area is 172 Å². The Morgan fingerprint density at radius 1 is 1.11 bits per heavy atom. The van der Waals surface area contributed by atoms with E-state index in [1.54, 1.807) is 37.4 Å². The van der Waals surface area contributed by atoms with Gasteiger partial charge in [-0.2, -0.15) is 0 Å². The van der Waals surface area contributed by atoms with Gasteiger partial charge >= 0.3 is 0 Å². The van der Waals surface area contributed by atoms with Crippen molar-refractivity contribution in [2.75, 3.05) is 38.8 Å². The molecule has 7 nitrogen and oxygen atoms in total. The molecule has 1 heterocycles. The molecule has 152 valence electrons. The number of benzene rings is 1. The van der Waals surface area contributed by atoms with Crippen LogP contribution >= 0.6 is 22.9 Å². The summed E-state index contributed by atoms with van der Waals surface area (Å²) in [6.45, 7) is 1.32. The average molecular weight is 427 g/mol. The number of carbonyl (C=O) groups excluding carboxylic acids is 2. The maximum Gasteiger partial charge on any atom is 0.265 e. The number of hydrogen-bond donors (Lipinski definition) is 3. The van der Waals surface area contributed by atoms with Crippen molar-refractivity contribution >= 4 is 40.4 Å². The molecule has 9 heteroatoms. The van der Waals surface area contributed by atoms with Crippen molar-refractivity contribution in [3.63, 3.8) is 0 Å². The first-order valence-electron chi connectivity index (χ1n) is 8.76. The van der Waals surface area contributed by atoms with Crippen molar-refractivity contribution < 1.29 is 24.2 Å². The maximum absolute atomic E-state index is 12.6. The summed E-state index contributed by atoms with van der Waals surface area (Å²) in [6.07, 6.45) is 1.33. The van der Waals surface area contributed by atoms with E-state index in [1.807, 2.05) is 0 Å². The highest BCUT2D eigenvalue weighted by atomic mass is 35.5. The van der Waals surface area contributed by atoms with Gasteiger partial charge in [-0.25, -0.2) is 0 Å². The van der Waals surface area contributed by atoms with Gasteiger partial charge in [0.25, 0.3) is 11.8 Å². The van der Waals surface area contributed by atoms with Crippen molar-refractivity contribution in [2.24, 2.45) is 0 Å². The van der Waals surface area contributed by atoms with Gasteiger partial charge < -0.3 is 25.2 Å². The van der Waals surface area contributed by atoms with Gasteiger partial charge in [0.15, 0.2) is 0 Å². The number of hydrogen-bond acceptors (Lipinski definition) is 6. The Bertz CT molecular complexity index is 796. The van der Waals surface area contributed by atoms with E-state index in [-0.39, 0.29) is 18.4 Å². The summed E-state index contributed by atoms with van der Waals surface area (Å²) in [5.74, 6) is -0.121. The number of aliphatic hydroxyl groups is 1. The second-order valence-corrected chi connectivity index (χ2v) is 7.31. The number of rotatable bonds is 11. The largest absolute Gasteiger partial charge is 0.489 e. The Hall–Kier alpha value is -2.13. The fourth-order valence-corrected chi connectivity index (χ4v) is 3.24. The number of nitrogens with one attached hydrogen (secondary N) is 2. The van der Waals surface area contributed by atoms with Crippen LogP contribution in [0.3, 0.4) is 0 Å². The molecule has 0 saturated carbocycles. The molecule has 2 rings (SSSR count). The Kier molecular flexibility index (Phi) is 9.22. The molecule has 0 unspecified atom stereocenters. The number of anilines is 1. The second-order valence-electron chi connectivity index (χ2n) is 5.79. The summed E-state index contributed by atoms with van der Waals surface area (Å²) in [4.78, 5) is 25.5. The van der Waals surface area contributed by atoms with E-state index in [0.717, 1.165) is 11.3 Å². The van der Waals surface area contributed by atoms with E-state index in [2.05, 4.69) is 10.6 Å². The van der Waals surface area contributed by atoms with Crippen molar-refractivity contribution in [1.29, 1.82) is 0 Å². The van der Waals surface area contributed by atoms with Gasteiger partial charge in [0.05, 0.1) is 22.0 Å². The van der Waals surface area contributed by atoms with Crippen LogP contribution in [0.2, 0.25) is 5.02 Å². The smallest absolute Gasteiger partial charge is 0.265 e. The van der Waals surface area contributed by atoms with Crippen LogP contribution in [0.1, 0.15) is 32.2 Å². The topological polar surface area (TPSA) is 96.9 Å². The molecule has 0 fully saturated rings. The predicted octanol–water partition coefficient (Wildman–Crippen LogP) is 3.18. The normalized spacial score (nSPS) is 10.5. The number of halogens is 1. The third-order valence-electron chi connectivity index (χ3n) is 3.66. The van der Waals surface area contributed by atoms with Crippen molar-refractivity contribution in [2.45, 2.75) is 12.8 Å². The monoisotopic (exact) mass is 426 g/mol. The summed E-state index contributed by atoms with van der Waals surface area (Å²) in [5.41, 5.74) is 0.442. The van der Waals surface area contributed by atoms with Crippen LogP contribution in [0.5, 0.6) is 5.75 Å². The molecule has 1 aromatic heterocycles. The Balaban J connectivity index is 2.00. The molecule has 0 radical (unpaired) electrons. The van der Waals surface area contributed by atoms with Crippen LogP contribution in [0.4, 0.5) is 5.69 Å². The molecule has 2 aromatic rings. The molecular weight excluding hydrogens is 404 g/mol. The molecule has 0 aliphatic rings. The van der Waals surface area contributed by atoms with E-state index < -0.39 is 0 Å². The number of carbonyl (C=O) groups is 2. The lowest BCUT2D eigenvalue weighted by Gasteiger charge is -2.12. The maximum atomic E-state index is 12.6. The summed E-state index contributed by atoms with van der Waals surface area (Å²) in [6, 6.07) is 8.15. The molecule has 3 N–H and O–H groups in total. The fraction of sp³-hybridized carbons (Fsp3) is 0.368. The van der Waals surface area contributed by atoms with Crippen LogP contribution in [0.15, 0.2) is 30.3 Å². The van der Waals surface area contributed by atoms with Gasteiger partial charge in [0, 0.05) is 25.3 Å². The minimum Gasteiger partial charge on any atom is -0.489 e. The van der Waals surface area contributed by atoms with Crippen molar-refractivity contribution in [1.82, 2.24) is 5.32 Å². The SMILES string of the molecule is COCCOc1ccc(Cl)cc1NC(=O)c1ccc(C(=O)NCCCCO)s1. The Morgan fingerprint density at radius 3 is 2.57 bits per heavy atom. The van der Waals surface area contributed by atoms with Gasteiger partial charge in [-0.05, 0) is 43.2 Å². The highest BCUT2D eigenvalue weighted by Gasteiger charge is 2.16. The van der Waals surface area contributed by atoms with Crippen molar-refractivity contribution in [3.05, 3.63) is 45.1 Å². The lowest BCUT2D eigenvalue weighted by atomic mass is 10.3. The summed E-state index contributed by atoms with van der Waals surface area (Å²) in [7, 11) is 1.57. The van der Waals surface area contributed by atoms with Crippen LogP contribution in [0.25, 0.3) is 0 Å². The first-order chi connectivity index (χ1) is 13.5. The molecule has 0 saturated heterocycles. The lowest BCUT2D eigenvalue weighted by molar-refractivity contribution is 0.0955. The zero-order valence-electron chi connectivity index (χ0n) is 15.5. The second kappa shape index (κ2) is 11.7. The first-order valence-corrected chi connectivity index (χ1v) is 9.96. The van der Waals surface area contributed by atoms with Crippen molar-refractivity contribution in [3.8, 4) is 5.75 Å². The summed E-state index contributed by atoms with van der Waals surface area (Å²) < 4.78 is 10.6. The van der Waals surface area contributed by atoms with E-state index in [4.69, 9.17) is 26.2 Å².